The molecule has 0 spiro atoms. The first kappa shape index (κ1) is 38.4. The van der Waals surface area contributed by atoms with Crippen molar-refractivity contribution < 1.29 is 18.0 Å². The Bertz CT molecular complexity index is 1330. The molecule has 0 radical (unpaired) electrons. The Morgan fingerprint density at radius 1 is 1.16 bits per heavy atom. The third-order valence-electron chi connectivity index (χ3n) is 7.50. The number of carbonyl (C=O) groups excluding carboxylic acids is 1. The molecule has 2 saturated carbocycles. The predicted octanol–water partition coefficient (Wildman–Crippen LogP) is 5.76. The molecule has 2 aliphatic carbocycles. The molecule has 1 aliphatic heterocycles. The highest BCUT2D eigenvalue weighted by Crippen LogP contribution is 2.49. The smallest absolute Gasteiger partial charge is 0.241 e. The van der Waals surface area contributed by atoms with Gasteiger partial charge >= 0.3 is 0 Å². The Morgan fingerprint density at radius 2 is 1.73 bits per heavy atom. The van der Waals surface area contributed by atoms with Gasteiger partial charge in [0.05, 0.1) is 29.5 Å². The maximum absolute atomic E-state index is 15.2. The number of piperazine rings is 1. The van der Waals surface area contributed by atoms with Gasteiger partial charge in [0, 0.05) is 51.4 Å². The van der Waals surface area contributed by atoms with Gasteiger partial charge in [-0.25, -0.2) is 4.39 Å². The van der Waals surface area contributed by atoms with Crippen LogP contribution in [0.2, 0.25) is 0 Å². The molecule has 45 heavy (non-hydrogen) atoms. The minimum atomic E-state index is -0.816. The van der Waals surface area contributed by atoms with E-state index in [1.807, 2.05) is 13.1 Å². The molecule has 0 atom stereocenters. The number of amides is 1. The van der Waals surface area contributed by atoms with E-state index in [1.165, 1.54) is 29.7 Å². The molecule has 3 N–H and O–H groups in total. The fourth-order valence-corrected chi connectivity index (χ4v) is 5.78. The molecular weight excluding hydrogens is 624 g/mol. The van der Waals surface area contributed by atoms with E-state index in [1.54, 1.807) is 24.7 Å². The van der Waals surface area contributed by atoms with E-state index in [0.717, 1.165) is 62.1 Å². The van der Waals surface area contributed by atoms with E-state index in [2.05, 4.69) is 39.4 Å². The van der Waals surface area contributed by atoms with Gasteiger partial charge in [0.1, 0.15) is 22.6 Å². The Hall–Kier alpha value is -2.80. The van der Waals surface area contributed by atoms with Crippen LogP contribution in [-0.4, -0.2) is 102 Å². The highest BCUT2D eigenvalue weighted by molar-refractivity contribution is 8.26. The summed E-state index contributed by atoms with van der Waals surface area (Å²) in [5.41, 5.74) is -0.341. The number of anilines is 1. The summed E-state index contributed by atoms with van der Waals surface area (Å²) < 4.78 is 42.9. The van der Waals surface area contributed by atoms with E-state index >= 15 is 4.39 Å². The fraction of sp³-hybridized carbons (Fsp3) is 0.633. The number of halogens is 3. The predicted molar refractivity (Wildman–Crippen MR) is 179 cm³/mol. The largest absolute Gasteiger partial charge is 0.367 e. The number of pyridine rings is 1. The topological polar surface area (TPSA) is 128 Å². The summed E-state index contributed by atoms with van der Waals surface area (Å²) in [6.07, 6.45) is 7.87. The van der Waals surface area contributed by atoms with Gasteiger partial charge in [-0.15, -0.1) is 0 Å². The normalized spacial score (nSPS) is 17.3. The van der Waals surface area contributed by atoms with Crippen LogP contribution in [0.1, 0.15) is 58.2 Å². The Labute approximate surface area is 273 Å². The highest BCUT2D eigenvalue weighted by atomic mass is 32.2. The number of unbranched alkanes of at least 4 members (excludes halogenated alkanes) is 1. The lowest BCUT2D eigenvalue weighted by molar-refractivity contribution is -0.115. The van der Waals surface area contributed by atoms with E-state index in [9.17, 15) is 18.8 Å². The number of rotatable bonds is 9. The number of imidazole rings is 1. The molecule has 1 amide bonds. The van der Waals surface area contributed by atoms with Crippen molar-refractivity contribution in [3.63, 3.8) is 0 Å². The number of nitriles is 1. The first-order valence-electron chi connectivity index (χ1n) is 14.9. The lowest BCUT2D eigenvalue weighted by atomic mass is 10.2. The second kappa shape index (κ2) is 17.8. The maximum atomic E-state index is 15.2. The molecule has 3 fully saturated rings. The van der Waals surface area contributed by atoms with Crippen molar-refractivity contribution in [2.24, 2.45) is 5.41 Å². The molecule has 0 aromatic carbocycles. The Kier molecular flexibility index (Phi) is 15.2. The zero-order valence-electron chi connectivity index (χ0n) is 27.1. The number of fused-ring (bicyclic) bond motifs is 1. The van der Waals surface area contributed by atoms with Crippen LogP contribution in [0.3, 0.4) is 0 Å². The van der Waals surface area contributed by atoms with Crippen LogP contribution in [0.25, 0.3) is 5.52 Å². The summed E-state index contributed by atoms with van der Waals surface area (Å²) in [6.45, 7) is 7.05. The molecule has 250 valence electrons. The van der Waals surface area contributed by atoms with Crippen LogP contribution in [0.5, 0.6) is 0 Å². The molecule has 2 aromatic heterocycles. The quantitative estimate of drug-likeness (QED) is 0.133. The van der Waals surface area contributed by atoms with Crippen LogP contribution in [0.15, 0.2) is 17.2 Å². The SMILES string of the molecule is CCCC.CF.CN(C)C=O.CN1CCN(c2cc(SNC3(CF)CC3)cn3c(C(=N)SC(=N)C4(C#N)CC4)nc(F)c23)CC1. The van der Waals surface area contributed by atoms with Gasteiger partial charge in [0.15, 0.2) is 5.82 Å². The number of nitrogens with zero attached hydrogens (tertiary/aromatic N) is 6. The lowest BCUT2D eigenvalue weighted by Gasteiger charge is -2.34. The lowest BCUT2D eigenvalue weighted by Crippen LogP contribution is -2.44. The third kappa shape index (κ3) is 10.4. The standard InChI is InChI=1S/C22H26F2N8S2.C4H10.C3H7NO.CH3F/c1-30-6-8-31(9-7-30)15-10-14(34-29-22(12-23)4-5-22)11-32-16(15)17(24)28-19(32)18(26)33-20(27)21(13-25)2-3-21;1-3-4-2;1-4(2)3-5;1-2/h10-11,26-27,29H,2-9,12H2,1H3;3-4H2,1-2H3;3H,1-2H3;1H3. The molecule has 1 saturated heterocycles. The molecule has 0 bridgehead atoms. The van der Waals surface area contributed by atoms with Crippen molar-refractivity contribution >= 4 is 51.4 Å². The molecule has 15 heteroatoms. The van der Waals surface area contributed by atoms with Gasteiger partial charge in [-0.2, -0.15) is 14.6 Å². The second-order valence-corrected chi connectivity index (χ2v) is 13.3. The summed E-state index contributed by atoms with van der Waals surface area (Å²) >= 11 is 2.16. The molecule has 3 heterocycles. The minimum absolute atomic E-state index is 0.0766. The minimum Gasteiger partial charge on any atom is -0.367 e. The van der Waals surface area contributed by atoms with Crippen molar-refractivity contribution in [2.45, 2.75) is 62.8 Å². The van der Waals surface area contributed by atoms with Crippen LogP contribution < -0.4 is 9.62 Å². The molecule has 2 aromatic rings. The van der Waals surface area contributed by atoms with Crippen molar-refractivity contribution in [3.05, 3.63) is 24.0 Å². The zero-order valence-corrected chi connectivity index (χ0v) is 28.7. The number of thioether (sulfide) groups is 1. The van der Waals surface area contributed by atoms with Crippen LogP contribution in [-0.2, 0) is 4.79 Å². The summed E-state index contributed by atoms with van der Waals surface area (Å²) in [7, 11) is 5.92. The first-order chi connectivity index (χ1) is 21.5. The van der Waals surface area contributed by atoms with E-state index in [4.69, 9.17) is 10.8 Å². The number of carbonyl (C=O) groups is 1. The summed E-state index contributed by atoms with van der Waals surface area (Å²) in [5, 5.41) is 26.2. The van der Waals surface area contributed by atoms with Gasteiger partial charge in [0.2, 0.25) is 12.4 Å². The summed E-state index contributed by atoms with van der Waals surface area (Å²) in [6, 6.07) is 4.06. The maximum Gasteiger partial charge on any atom is 0.241 e. The zero-order chi connectivity index (χ0) is 33.8. The Balaban J connectivity index is 0.000000560. The number of aromatic nitrogens is 2. The molecular formula is C30H46F3N9OS2. The van der Waals surface area contributed by atoms with Gasteiger partial charge in [-0.05, 0) is 50.7 Å². The number of hydrogen-bond acceptors (Lipinski definition) is 10. The average Bonchev–Trinajstić information content (AvgIpc) is 3.99. The fourth-order valence-electron chi connectivity index (χ4n) is 3.97. The van der Waals surface area contributed by atoms with Crippen molar-refractivity contribution in [1.29, 1.82) is 16.1 Å². The first-order valence-corrected chi connectivity index (χ1v) is 16.5. The number of nitrogens with one attached hydrogen (secondary N) is 3. The third-order valence-corrected chi connectivity index (χ3v) is 9.48. The monoisotopic (exact) mass is 669 g/mol. The van der Waals surface area contributed by atoms with E-state index < -0.39 is 23.6 Å². The molecule has 10 nitrogen and oxygen atoms in total. The summed E-state index contributed by atoms with van der Waals surface area (Å²) in [4.78, 5) is 20.0. The molecule has 0 unspecified atom stereocenters. The van der Waals surface area contributed by atoms with Gasteiger partial charge in [0.25, 0.3) is 0 Å². The van der Waals surface area contributed by atoms with E-state index in [0.29, 0.717) is 25.7 Å². The van der Waals surface area contributed by atoms with Crippen molar-refractivity contribution in [3.8, 4) is 6.07 Å². The molecule has 5 rings (SSSR count). The number of hydrogen-bond donors (Lipinski definition) is 3. The molecule has 3 aliphatic rings. The van der Waals surface area contributed by atoms with Crippen LogP contribution in [0.4, 0.5) is 18.9 Å². The van der Waals surface area contributed by atoms with Crippen LogP contribution >= 0.6 is 23.7 Å². The number of likely N-dealkylation sites (N-methyl/N-ethyl adjacent to an activating group) is 1. The van der Waals surface area contributed by atoms with Crippen molar-refractivity contribution in [1.82, 2.24) is 23.9 Å². The summed E-state index contributed by atoms with van der Waals surface area (Å²) in [5.74, 6) is -0.574. The average molecular weight is 670 g/mol. The van der Waals surface area contributed by atoms with Gasteiger partial charge < -0.3 is 14.7 Å². The van der Waals surface area contributed by atoms with Gasteiger partial charge in [-0.1, -0.05) is 38.5 Å². The number of alkyl halides is 2. The van der Waals surface area contributed by atoms with Crippen molar-refractivity contribution in [2.75, 3.05) is 66.1 Å². The van der Waals surface area contributed by atoms with E-state index in [-0.39, 0.29) is 21.4 Å². The van der Waals surface area contributed by atoms with Crippen LogP contribution in [0, 0.1) is 33.5 Å². The Morgan fingerprint density at radius 3 is 2.18 bits per heavy atom. The second-order valence-electron chi connectivity index (χ2n) is 11.4. The van der Waals surface area contributed by atoms with Gasteiger partial charge in [-0.3, -0.25) is 29.1 Å². The highest BCUT2D eigenvalue weighted by Gasteiger charge is 2.48.